The van der Waals surface area contributed by atoms with Gasteiger partial charge in [0, 0.05) is 47.6 Å². The van der Waals surface area contributed by atoms with Gasteiger partial charge in [0.15, 0.2) is 0 Å². The number of rotatable bonds is 7. The molecule has 1 aromatic heterocycles. The van der Waals surface area contributed by atoms with Crippen LogP contribution in [0.4, 0.5) is 11.4 Å². The summed E-state index contributed by atoms with van der Waals surface area (Å²) in [6, 6.07) is 5.87. The Labute approximate surface area is 119 Å². The van der Waals surface area contributed by atoms with Gasteiger partial charge in [-0.15, -0.1) is 0 Å². The summed E-state index contributed by atoms with van der Waals surface area (Å²) in [6.07, 6.45) is 3.57. The van der Waals surface area contributed by atoms with Gasteiger partial charge in [0.05, 0.1) is 13.2 Å². The van der Waals surface area contributed by atoms with Gasteiger partial charge in [-0.2, -0.15) is 0 Å². The number of nitrogen functional groups attached to an aromatic ring is 1. The van der Waals surface area contributed by atoms with Gasteiger partial charge in [-0.25, -0.2) is 0 Å². The Kier molecular flexibility index (Phi) is 5.15. The number of likely N-dealkylation sites (N-methyl/N-ethyl adjacent to an activating group) is 1. The van der Waals surface area contributed by atoms with E-state index < -0.39 is 0 Å². The summed E-state index contributed by atoms with van der Waals surface area (Å²) in [6.45, 7) is 3.15. The van der Waals surface area contributed by atoms with Crippen LogP contribution < -0.4 is 11.1 Å². The summed E-state index contributed by atoms with van der Waals surface area (Å²) in [5.41, 5.74) is 7.76. The molecule has 1 heterocycles. The first kappa shape index (κ1) is 14.6. The number of pyridine rings is 1. The van der Waals surface area contributed by atoms with E-state index in [4.69, 9.17) is 10.5 Å². The van der Waals surface area contributed by atoms with Crippen LogP contribution >= 0.6 is 0 Å². The Morgan fingerprint density at radius 1 is 1.20 bits per heavy atom. The quantitative estimate of drug-likeness (QED) is 0.595. The van der Waals surface area contributed by atoms with Crippen LogP contribution in [0.25, 0.3) is 10.8 Å². The lowest BCUT2D eigenvalue weighted by atomic mass is 10.1. The predicted octanol–water partition coefficient (Wildman–Crippen LogP) is 1.81. The molecule has 20 heavy (non-hydrogen) atoms. The fourth-order valence-electron chi connectivity index (χ4n) is 1.97. The number of nitrogens with one attached hydrogen (secondary N) is 1. The van der Waals surface area contributed by atoms with Gasteiger partial charge < -0.3 is 20.7 Å². The molecule has 0 fully saturated rings. The van der Waals surface area contributed by atoms with Crippen LogP contribution in [0.3, 0.4) is 0 Å². The lowest BCUT2D eigenvalue weighted by Crippen LogP contribution is -2.20. The van der Waals surface area contributed by atoms with Gasteiger partial charge in [0.1, 0.15) is 0 Å². The molecule has 0 aliphatic heterocycles. The first-order valence-corrected chi connectivity index (χ1v) is 6.77. The van der Waals surface area contributed by atoms with Crippen molar-refractivity contribution < 1.29 is 4.74 Å². The molecule has 3 N–H and O–H groups in total. The Hall–Kier alpha value is -1.85. The summed E-state index contributed by atoms with van der Waals surface area (Å²) in [5, 5.41) is 5.45. The maximum absolute atomic E-state index is 5.95. The van der Waals surface area contributed by atoms with Crippen molar-refractivity contribution in [3.63, 3.8) is 0 Å². The third-order valence-corrected chi connectivity index (χ3v) is 3.10. The topological polar surface area (TPSA) is 63.4 Å². The van der Waals surface area contributed by atoms with Crippen LogP contribution in [-0.2, 0) is 4.74 Å². The van der Waals surface area contributed by atoms with E-state index in [-0.39, 0.29) is 0 Å². The molecular formula is C15H22N4O. The summed E-state index contributed by atoms with van der Waals surface area (Å²) in [5.74, 6) is 0. The van der Waals surface area contributed by atoms with Crippen molar-refractivity contribution in [1.82, 2.24) is 9.88 Å². The summed E-state index contributed by atoms with van der Waals surface area (Å²) < 4.78 is 5.56. The number of benzene rings is 1. The van der Waals surface area contributed by atoms with Gasteiger partial charge in [-0.05, 0) is 32.3 Å². The van der Waals surface area contributed by atoms with E-state index in [9.17, 15) is 0 Å². The number of fused-ring (bicyclic) bond motifs is 1. The van der Waals surface area contributed by atoms with Gasteiger partial charge in [0.2, 0.25) is 0 Å². The van der Waals surface area contributed by atoms with Crippen molar-refractivity contribution in [2.75, 3.05) is 51.4 Å². The van der Waals surface area contributed by atoms with Crippen molar-refractivity contribution in [2.45, 2.75) is 0 Å². The fraction of sp³-hybridized carbons (Fsp3) is 0.400. The van der Waals surface area contributed by atoms with Crippen LogP contribution in [0.5, 0.6) is 0 Å². The smallest absolute Gasteiger partial charge is 0.0639 e. The van der Waals surface area contributed by atoms with E-state index in [1.165, 1.54) is 0 Å². The third kappa shape index (κ3) is 3.82. The molecule has 0 spiro atoms. The lowest BCUT2D eigenvalue weighted by Gasteiger charge is -2.12. The molecule has 0 saturated heterocycles. The minimum absolute atomic E-state index is 0.685. The molecule has 0 atom stereocenters. The molecule has 1 aromatic carbocycles. The number of nitrogens with zero attached hydrogens (tertiary/aromatic N) is 2. The summed E-state index contributed by atoms with van der Waals surface area (Å²) in [4.78, 5) is 6.22. The van der Waals surface area contributed by atoms with E-state index in [1.807, 2.05) is 32.3 Å². The fourth-order valence-corrected chi connectivity index (χ4v) is 1.97. The average molecular weight is 274 g/mol. The summed E-state index contributed by atoms with van der Waals surface area (Å²) >= 11 is 0. The molecule has 5 heteroatoms. The zero-order chi connectivity index (χ0) is 14.4. The van der Waals surface area contributed by atoms with Gasteiger partial charge >= 0.3 is 0 Å². The summed E-state index contributed by atoms with van der Waals surface area (Å²) in [7, 11) is 4.08. The van der Waals surface area contributed by atoms with Gasteiger partial charge in [-0.3, -0.25) is 4.98 Å². The standard InChI is InChI=1S/C15H22N4O/c1-19(2)8-10-20-9-7-18-15-4-3-14(16)13-11-17-6-5-12(13)15/h3-6,11,18H,7-10,16H2,1-2H3. The maximum atomic E-state index is 5.95. The second-order valence-electron chi connectivity index (χ2n) is 4.97. The normalized spacial score (nSPS) is 11.2. The van der Waals surface area contributed by atoms with Crippen molar-refractivity contribution in [1.29, 1.82) is 0 Å². The van der Waals surface area contributed by atoms with Crippen molar-refractivity contribution in [3.8, 4) is 0 Å². The molecule has 0 unspecified atom stereocenters. The van der Waals surface area contributed by atoms with Gasteiger partial charge in [0.25, 0.3) is 0 Å². The minimum Gasteiger partial charge on any atom is -0.398 e. The average Bonchev–Trinajstić information content (AvgIpc) is 2.45. The molecule has 0 amide bonds. The van der Waals surface area contributed by atoms with E-state index in [0.29, 0.717) is 6.61 Å². The van der Waals surface area contributed by atoms with Crippen LogP contribution in [0.1, 0.15) is 0 Å². The first-order valence-electron chi connectivity index (χ1n) is 6.77. The minimum atomic E-state index is 0.685. The first-order chi connectivity index (χ1) is 9.68. The molecule has 0 radical (unpaired) electrons. The number of hydrogen-bond acceptors (Lipinski definition) is 5. The number of ether oxygens (including phenoxy) is 1. The maximum Gasteiger partial charge on any atom is 0.0639 e. The highest BCUT2D eigenvalue weighted by atomic mass is 16.5. The largest absolute Gasteiger partial charge is 0.398 e. The number of anilines is 2. The van der Waals surface area contributed by atoms with Gasteiger partial charge in [-0.1, -0.05) is 0 Å². The van der Waals surface area contributed by atoms with Crippen LogP contribution in [-0.4, -0.2) is 50.3 Å². The third-order valence-electron chi connectivity index (χ3n) is 3.10. The molecule has 2 aromatic rings. The number of aromatic nitrogens is 1. The SMILES string of the molecule is CN(C)CCOCCNc1ccc(N)c2cnccc12. The molecule has 0 aliphatic carbocycles. The van der Waals surface area contributed by atoms with Crippen LogP contribution in [0, 0.1) is 0 Å². The molecule has 0 saturated carbocycles. The molecule has 5 nitrogen and oxygen atoms in total. The molecule has 0 aliphatic rings. The molecular weight excluding hydrogens is 252 g/mol. The Bertz CT molecular complexity index is 557. The van der Waals surface area contributed by atoms with E-state index >= 15 is 0 Å². The highest BCUT2D eigenvalue weighted by Crippen LogP contribution is 2.27. The van der Waals surface area contributed by atoms with Crippen molar-refractivity contribution in [3.05, 3.63) is 30.6 Å². The second kappa shape index (κ2) is 7.07. The number of hydrogen-bond donors (Lipinski definition) is 2. The Balaban J connectivity index is 1.89. The molecule has 2 rings (SSSR count). The Morgan fingerprint density at radius 2 is 2.05 bits per heavy atom. The monoisotopic (exact) mass is 274 g/mol. The highest BCUT2D eigenvalue weighted by molar-refractivity contribution is 6.00. The van der Waals surface area contributed by atoms with E-state index in [0.717, 1.165) is 41.8 Å². The van der Waals surface area contributed by atoms with Crippen LogP contribution in [0.2, 0.25) is 0 Å². The van der Waals surface area contributed by atoms with Crippen molar-refractivity contribution in [2.24, 2.45) is 0 Å². The lowest BCUT2D eigenvalue weighted by molar-refractivity contribution is 0.126. The Morgan fingerprint density at radius 3 is 2.85 bits per heavy atom. The molecule has 0 bridgehead atoms. The predicted molar refractivity (Wildman–Crippen MR) is 84.0 cm³/mol. The highest BCUT2D eigenvalue weighted by Gasteiger charge is 2.03. The zero-order valence-corrected chi connectivity index (χ0v) is 12.1. The molecule has 108 valence electrons. The van der Waals surface area contributed by atoms with E-state index in [1.54, 1.807) is 12.4 Å². The van der Waals surface area contributed by atoms with Crippen molar-refractivity contribution >= 4 is 22.1 Å². The second-order valence-corrected chi connectivity index (χ2v) is 4.97. The van der Waals surface area contributed by atoms with E-state index in [2.05, 4.69) is 15.2 Å². The zero-order valence-electron chi connectivity index (χ0n) is 12.1. The number of nitrogens with two attached hydrogens (primary N) is 1. The van der Waals surface area contributed by atoms with Crippen LogP contribution in [0.15, 0.2) is 30.6 Å².